The molecule has 18 heavy (non-hydrogen) atoms. The van der Waals surface area contributed by atoms with Gasteiger partial charge in [-0.15, -0.1) is 0 Å². The van der Waals surface area contributed by atoms with Crippen LogP contribution in [0.1, 0.15) is 19.8 Å². The first kappa shape index (κ1) is 13.0. The number of carboxylic acids is 1. The van der Waals surface area contributed by atoms with Crippen LogP contribution in [0.5, 0.6) is 0 Å². The summed E-state index contributed by atoms with van der Waals surface area (Å²) in [6.07, 6.45) is 3.53. The quantitative estimate of drug-likeness (QED) is 0.823. The smallest absolute Gasteiger partial charge is 0.310 e. The fraction of sp³-hybridized carbons (Fsp3) is 0.600. The van der Waals surface area contributed by atoms with Gasteiger partial charge in [0.1, 0.15) is 0 Å². The van der Waals surface area contributed by atoms with Crippen molar-refractivity contribution in [3.8, 4) is 0 Å². The molecular formula is C10H15N3O4S. The standard InChI is InChI=1S/C10H15N3O4S/c1-10(9(14)15)3-2-4-13(6-10)18(16,17)8-5-11-7-12-8/h5,7H,2-4,6H2,1H3,(H,11,12)(H,14,15). The highest BCUT2D eigenvalue weighted by Crippen LogP contribution is 2.32. The first-order chi connectivity index (χ1) is 8.36. The molecule has 0 radical (unpaired) electrons. The van der Waals surface area contributed by atoms with E-state index in [1.165, 1.54) is 16.8 Å². The van der Waals surface area contributed by atoms with E-state index in [0.29, 0.717) is 19.4 Å². The van der Waals surface area contributed by atoms with Gasteiger partial charge in [-0.2, -0.15) is 4.31 Å². The minimum Gasteiger partial charge on any atom is -0.481 e. The highest BCUT2D eigenvalue weighted by Gasteiger charge is 2.42. The minimum absolute atomic E-state index is 0.00265. The topological polar surface area (TPSA) is 103 Å². The average molecular weight is 273 g/mol. The summed E-state index contributed by atoms with van der Waals surface area (Å²) < 4.78 is 25.6. The van der Waals surface area contributed by atoms with E-state index in [2.05, 4.69) is 9.97 Å². The summed E-state index contributed by atoms with van der Waals surface area (Å²) in [5.74, 6) is -0.966. The molecule has 0 saturated carbocycles. The average Bonchev–Trinajstić information content (AvgIpc) is 2.83. The maximum Gasteiger partial charge on any atom is 0.310 e. The first-order valence-electron chi connectivity index (χ1n) is 5.58. The summed E-state index contributed by atoms with van der Waals surface area (Å²) in [6, 6.07) is 0. The van der Waals surface area contributed by atoms with Gasteiger partial charge in [0.25, 0.3) is 10.0 Å². The molecule has 1 atom stereocenters. The summed E-state index contributed by atoms with van der Waals surface area (Å²) in [6.45, 7) is 1.90. The number of hydrogen-bond acceptors (Lipinski definition) is 4. The van der Waals surface area contributed by atoms with Crippen LogP contribution in [0.25, 0.3) is 0 Å². The number of imidazole rings is 1. The van der Waals surface area contributed by atoms with Crippen molar-refractivity contribution < 1.29 is 18.3 Å². The van der Waals surface area contributed by atoms with Crippen molar-refractivity contribution in [3.05, 3.63) is 12.5 Å². The van der Waals surface area contributed by atoms with Gasteiger partial charge in [0.15, 0.2) is 5.03 Å². The van der Waals surface area contributed by atoms with Crippen LogP contribution >= 0.6 is 0 Å². The molecule has 7 nitrogen and oxygen atoms in total. The third kappa shape index (κ3) is 2.13. The minimum atomic E-state index is -3.67. The van der Waals surface area contributed by atoms with Crippen molar-refractivity contribution in [2.45, 2.75) is 24.8 Å². The normalized spacial score (nSPS) is 26.1. The second kappa shape index (κ2) is 4.36. The Morgan fingerprint density at radius 1 is 1.61 bits per heavy atom. The molecule has 2 heterocycles. The maximum atomic E-state index is 12.2. The molecule has 0 bridgehead atoms. The van der Waals surface area contributed by atoms with Crippen LogP contribution in [0.4, 0.5) is 0 Å². The zero-order chi connectivity index (χ0) is 13.4. The van der Waals surface area contributed by atoms with Crippen LogP contribution in [0.15, 0.2) is 17.6 Å². The molecule has 0 aromatic carbocycles. The van der Waals surface area contributed by atoms with Gasteiger partial charge in [-0.05, 0) is 19.8 Å². The molecular weight excluding hydrogens is 258 g/mol. The third-order valence-electron chi connectivity index (χ3n) is 3.27. The predicted octanol–water partition coefficient (Wildman–Crippen LogP) is 0.285. The van der Waals surface area contributed by atoms with Crippen molar-refractivity contribution in [2.75, 3.05) is 13.1 Å². The largest absolute Gasteiger partial charge is 0.481 e. The van der Waals surface area contributed by atoms with E-state index in [4.69, 9.17) is 5.11 Å². The molecule has 8 heteroatoms. The lowest BCUT2D eigenvalue weighted by atomic mass is 9.83. The molecule has 1 fully saturated rings. The lowest BCUT2D eigenvalue weighted by Crippen LogP contribution is -2.48. The highest BCUT2D eigenvalue weighted by molar-refractivity contribution is 7.89. The van der Waals surface area contributed by atoms with Crippen LogP contribution in [-0.2, 0) is 14.8 Å². The molecule has 0 aliphatic carbocycles. The van der Waals surface area contributed by atoms with Gasteiger partial charge in [-0.3, -0.25) is 4.79 Å². The van der Waals surface area contributed by atoms with Gasteiger partial charge in [0, 0.05) is 13.1 Å². The van der Waals surface area contributed by atoms with Crippen molar-refractivity contribution in [1.82, 2.24) is 14.3 Å². The second-order valence-corrected chi connectivity index (χ2v) is 6.63. The number of nitrogens with one attached hydrogen (secondary N) is 1. The van der Waals surface area contributed by atoms with Crippen molar-refractivity contribution in [2.24, 2.45) is 5.41 Å². The number of carbonyl (C=O) groups is 1. The molecule has 2 N–H and O–H groups in total. The van der Waals surface area contributed by atoms with E-state index in [0.717, 1.165) is 0 Å². The Morgan fingerprint density at radius 3 is 2.89 bits per heavy atom. The van der Waals surface area contributed by atoms with E-state index >= 15 is 0 Å². The Hall–Kier alpha value is -1.41. The van der Waals surface area contributed by atoms with E-state index in [1.54, 1.807) is 6.92 Å². The van der Waals surface area contributed by atoms with E-state index < -0.39 is 21.4 Å². The number of rotatable bonds is 3. The number of aliphatic carboxylic acids is 1. The molecule has 1 aliphatic heterocycles. The lowest BCUT2D eigenvalue weighted by molar-refractivity contribution is -0.150. The number of piperidine rings is 1. The number of carboxylic acid groups (broad SMARTS) is 1. The Bertz CT molecular complexity index is 539. The number of aromatic nitrogens is 2. The Morgan fingerprint density at radius 2 is 2.33 bits per heavy atom. The molecule has 0 spiro atoms. The molecule has 2 rings (SSSR count). The van der Waals surface area contributed by atoms with Crippen LogP contribution in [-0.4, -0.2) is 46.9 Å². The van der Waals surface area contributed by atoms with Gasteiger partial charge in [0.2, 0.25) is 0 Å². The molecule has 100 valence electrons. The van der Waals surface area contributed by atoms with Crippen LogP contribution in [0, 0.1) is 5.41 Å². The summed E-state index contributed by atoms with van der Waals surface area (Å²) >= 11 is 0. The Kier molecular flexibility index (Phi) is 3.16. The number of hydrogen-bond donors (Lipinski definition) is 2. The van der Waals surface area contributed by atoms with Gasteiger partial charge < -0.3 is 10.1 Å². The predicted molar refractivity (Wildman–Crippen MR) is 62.3 cm³/mol. The van der Waals surface area contributed by atoms with Gasteiger partial charge in [0.05, 0.1) is 17.9 Å². The number of aromatic amines is 1. The molecule has 1 aliphatic rings. The number of nitrogens with zero attached hydrogens (tertiary/aromatic N) is 2. The first-order valence-corrected chi connectivity index (χ1v) is 7.02. The number of H-pyrrole nitrogens is 1. The maximum absolute atomic E-state index is 12.2. The Balaban J connectivity index is 2.27. The summed E-state index contributed by atoms with van der Waals surface area (Å²) in [5.41, 5.74) is -1.02. The van der Waals surface area contributed by atoms with E-state index in [1.807, 2.05) is 0 Å². The van der Waals surface area contributed by atoms with Gasteiger partial charge >= 0.3 is 5.97 Å². The Labute approximate surface area is 105 Å². The highest BCUT2D eigenvalue weighted by atomic mass is 32.2. The molecule has 0 amide bonds. The summed E-state index contributed by atoms with van der Waals surface area (Å²) in [5, 5.41) is 9.17. The molecule has 1 aromatic heterocycles. The van der Waals surface area contributed by atoms with Crippen molar-refractivity contribution in [1.29, 1.82) is 0 Å². The van der Waals surface area contributed by atoms with Crippen molar-refractivity contribution >= 4 is 16.0 Å². The van der Waals surface area contributed by atoms with Crippen LogP contribution in [0.2, 0.25) is 0 Å². The fourth-order valence-corrected chi connectivity index (χ4v) is 3.59. The van der Waals surface area contributed by atoms with Crippen LogP contribution < -0.4 is 0 Å². The summed E-state index contributed by atoms with van der Waals surface area (Å²) in [7, 11) is -3.67. The van der Waals surface area contributed by atoms with Crippen molar-refractivity contribution in [3.63, 3.8) is 0 Å². The van der Waals surface area contributed by atoms with Gasteiger partial charge in [-0.25, -0.2) is 13.4 Å². The summed E-state index contributed by atoms with van der Waals surface area (Å²) in [4.78, 5) is 17.4. The SMILES string of the molecule is CC1(C(=O)O)CCCN(S(=O)(=O)c2cnc[nH]2)C1. The third-order valence-corrected chi connectivity index (χ3v) is 5.04. The monoisotopic (exact) mass is 273 g/mol. The zero-order valence-electron chi connectivity index (χ0n) is 9.96. The van der Waals surface area contributed by atoms with Crippen LogP contribution in [0.3, 0.4) is 0 Å². The van der Waals surface area contributed by atoms with E-state index in [-0.39, 0.29) is 11.6 Å². The fourth-order valence-electron chi connectivity index (χ4n) is 2.10. The molecule has 1 unspecified atom stereocenters. The zero-order valence-corrected chi connectivity index (χ0v) is 10.8. The number of sulfonamides is 1. The molecule has 1 aromatic rings. The second-order valence-electron chi connectivity index (χ2n) is 4.72. The van der Waals surface area contributed by atoms with Gasteiger partial charge in [-0.1, -0.05) is 0 Å². The molecule has 1 saturated heterocycles. The van der Waals surface area contributed by atoms with E-state index in [9.17, 15) is 13.2 Å². The lowest BCUT2D eigenvalue weighted by Gasteiger charge is -2.36.